The monoisotopic (exact) mass is 453 g/mol. The minimum absolute atomic E-state index is 0.0501. The van der Waals surface area contributed by atoms with Gasteiger partial charge >= 0.3 is 0 Å². The lowest BCUT2D eigenvalue weighted by atomic mass is 9.93. The van der Waals surface area contributed by atoms with E-state index in [2.05, 4.69) is 15.3 Å². The van der Waals surface area contributed by atoms with Crippen LogP contribution in [0.4, 0.5) is 24.7 Å². The van der Waals surface area contributed by atoms with Crippen molar-refractivity contribution in [1.82, 2.24) is 14.7 Å². The van der Waals surface area contributed by atoms with Gasteiger partial charge in [-0.05, 0) is 49.4 Å². The first kappa shape index (κ1) is 21.1. The summed E-state index contributed by atoms with van der Waals surface area (Å²) < 4.78 is 43.6. The Bertz CT molecular complexity index is 1230. The van der Waals surface area contributed by atoms with Crippen molar-refractivity contribution < 1.29 is 18.0 Å². The highest BCUT2D eigenvalue weighted by Gasteiger charge is 2.37. The second kappa shape index (κ2) is 8.31. The first-order chi connectivity index (χ1) is 15.9. The lowest BCUT2D eigenvalue weighted by Crippen LogP contribution is -2.50. The fraction of sp³-hybridized carbons (Fsp3) is 0.250. The Balaban J connectivity index is 1.44. The van der Waals surface area contributed by atoms with Gasteiger partial charge in [0.25, 0.3) is 5.91 Å². The molecule has 1 unspecified atom stereocenters. The molecule has 1 amide bonds. The third-order valence-corrected chi connectivity index (χ3v) is 6.15. The zero-order valence-corrected chi connectivity index (χ0v) is 17.9. The van der Waals surface area contributed by atoms with Crippen LogP contribution in [0.15, 0.2) is 66.0 Å². The predicted molar refractivity (Wildman–Crippen MR) is 118 cm³/mol. The zero-order chi connectivity index (χ0) is 23.1. The van der Waals surface area contributed by atoms with Crippen LogP contribution in [0.1, 0.15) is 18.5 Å². The quantitative estimate of drug-likeness (QED) is 0.653. The number of hydrogen-bond donors (Lipinski definition) is 1. The maximum atomic E-state index is 14.8. The Labute approximate surface area is 188 Å². The van der Waals surface area contributed by atoms with Gasteiger partial charge < -0.3 is 15.1 Å². The lowest BCUT2D eigenvalue weighted by Gasteiger charge is -2.38. The average molecular weight is 453 g/mol. The molecule has 2 aromatic carbocycles. The Morgan fingerprint density at radius 3 is 2.39 bits per heavy atom. The number of piperazine rings is 1. The molecule has 1 saturated heterocycles. The number of halogens is 3. The van der Waals surface area contributed by atoms with Gasteiger partial charge in [-0.3, -0.25) is 4.79 Å². The third kappa shape index (κ3) is 3.83. The molecule has 2 aliphatic rings. The number of rotatable bonds is 3. The largest absolute Gasteiger partial charge is 0.368 e. The summed E-state index contributed by atoms with van der Waals surface area (Å²) in [5, 5.41) is 7.43. The molecule has 170 valence electrons. The minimum atomic E-state index is -0.894. The number of nitrogens with one attached hydrogen (secondary N) is 1. The first-order valence-corrected chi connectivity index (χ1v) is 10.7. The van der Waals surface area contributed by atoms with Crippen molar-refractivity contribution in [3.05, 3.63) is 89.0 Å². The van der Waals surface area contributed by atoms with Gasteiger partial charge in [-0.25, -0.2) is 17.9 Å². The van der Waals surface area contributed by atoms with Crippen molar-refractivity contribution in [2.45, 2.75) is 13.0 Å². The molecular formula is C24H22F3N5O. The van der Waals surface area contributed by atoms with E-state index in [9.17, 15) is 18.0 Å². The maximum absolute atomic E-state index is 14.8. The fourth-order valence-electron chi connectivity index (χ4n) is 4.48. The summed E-state index contributed by atoms with van der Waals surface area (Å²) in [4.78, 5) is 17.5. The van der Waals surface area contributed by atoms with Crippen molar-refractivity contribution in [2.24, 2.45) is 0 Å². The number of anilines is 2. The van der Waals surface area contributed by atoms with Gasteiger partial charge in [0, 0.05) is 49.2 Å². The molecule has 0 spiro atoms. The number of hydrogen-bond acceptors (Lipinski definition) is 4. The Hall–Kier alpha value is -3.75. The Kier molecular flexibility index (Phi) is 5.32. The number of aromatic nitrogens is 2. The average Bonchev–Trinajstić information content (AvgIpc) is 3.28. The second-order valence-corrected chi connectivity index (χ2v) is 8.15. The zero-order valence-electron chi connectivity index (χ0n) is 17.9. The molecule has 0 aliphatic carbocycles. The Morgan fingerprint density at radius 1 is 0.970 bits per heavy atom. The lowest BCUT2D eigenvalue weighted by molar-refractivity contribution is -0.128. The molecule has 0 saturated carbocycles. The summed E-state index contributed by atoms with van der Waals surface area (Å²) >= 11 is 0. The number of nitrogens with zero attached hydrogens (tertiary/aromatic N) is 4. The molecule has 1 atom stereocenters. The molecule has 9 heteroatoms. The van der Waals surface area contributed by atoms with E-state index in [4.69, 9.17) is 0 Å². The van der Waals surface area contributed by atoms with E-state index >= 15 is 0 Å². The molecule has 0 radical (unpaired) electrons. The molecular weight excluding hydrogens is 431 g/mol. The van der Waals surface area contributed by atoms with Crippen LogP contribution in [0.3, 0.4) is 0 Å². The highest BCUT2D eigenvalue weighted by Crippen LogP contribution is 2.38. The molecule has 1 fully saturated rings. The maximum Gasteiger partial charge on any atom is 0.254 e. The molecule has 3 aromatic rings. The van der Waals surface area contributed by atoms with Gasteiger partial charge in [-0.15, -0.1) is 0 Å². The van der Waals surface area contributed by atoms with Gasteiger partial charge in [0.2, 0.25) is 0 Å². The molecule has 1 N–H and O–H groups in total. The summed E-state index contributed by atoms with van der Waals surface area (Å²) in [6, 6.07) is 10.3. The van der Waals surface area contributed by atoms with Crippen LogP contribution in [-0.2, 0) is 4.79 Å². The van der Waals surface area contributed by atoms with E-state index in [-0.39, 0.29) is 17.3 Å². The standard InChI is InChI=1S/C24H22F3N5O/c1-15-22(24(33)31-12-10-30(11-13-31)18-5-2-16(25)3-6-18)23(32-21(29-15)8-9-28-32)19-14-17(26)4-7-20(19)27/h2-9,14,23,29H,10-13H2,1H3. The topological polar surface area (TPSA) is 53.4 Å². The van der Waals surface area contributed by atoms with Crippen molar-refractivity contribution in [3.63, 3.8) is 0 Å². The highest BCUT2D eigenvalue weighted by molar-refractivity contribution is 5.97. The van der Waals surface area contributed by atoms with E-state index in [0.29, 0.717) is 43.3 Å². The van der Waals surface area contributed by atoms with E-state index in [1.165, 1.54) is 16.8 Å². The fourth-order valence-corrected chi connectivity index (χ4v) is 4.48. The number of amides is 1. The number of fused-ring (bicyclic) bond motifs is 1. The van der Waals surface area contributed by atoms with E-state index in [1.54, 1.807) is 36.2 Å². The number of carbonyl (C=O) groups is 1. The van der Waals surface area contributed by atoms with Crippen LogP contribution < -0.4 is 10.2 Å². The van der Waals surface area contributed by atoms with Gasteiger partial charge in [0.05, 0.1) is 11.8 Å². The van der Waals surface area contributed by atoms with Crippen molar-refractivity contribution in [2.75, 3.05) is 36.4 Å². The SMILES string of the molecule is CC1=C(C(=O)N2CCN(c3ccc(F)cc3)CC2)C(c2cc(F)ccc2F)n2nccc2N1. The van der Waals surface area contributed by atoms with E-state index < -0.39 is 17.7 Å². The molecule has 0 bridgehead atoms. The van der Waals surface area contributed by atoms with Gasteiger partial charge in [-0.2, -0.15) is 5.10 Å². The van der Waals surface area contributed by atoms with Crippen LogP contribution in [0.2, 0.25) is 0 Å². The third-order valence-electron chi connectivity index (χ3n) is 6.15. The number of carbonyl (C=O) groups excluding carboxylic acids is 1. The molecule has 1 aromatic heterocycles. The van der Waals surface area contributed by atoms with E-state index in [0.717, 1.165) is 23.9 Å². The second-order valence-electron chi connectivity index (χ2n) is 8.15. The van der Waals surface area contributed by atoms with Crippen LogP contribution in [-0.4, -0.2) is 46.8 Å². The normalized spacial score (nSPS) is 18.2. The van der Waals surface area contributed by atoms with Crippen molar-refractivity contribution in [3.8, 4) is 0 Å². The van der Waals surface area contributed by atoms with Gasteiger partial charge in [0.15, 0.2) is 0 Å². The number of allylic oxidation sites excluding steroid dienone is 1. The van der Waals surface area contributed by atoms with Crippen LogP contribution in [0.25, 0.3) is 0 Å². The summed E-state index contributed by atoms with van der Waals surface area (Å²) in [5.74, 6) is -1.15. The van der Waals surface area contributed by atoms with Crippen LogP contribution >= 0.6 is 0 Å². The van der Waals surface area contributed by atoms with Gasteiger partial charge in [-0.1, -0.05) is 0 Å². The van der Waals surface area contributed by atoms with Crippen molar-refractivity contribution >= 4 is 17.4 Å². The van der Waals surface area contributed by atoms with Crippen LogP contribution in [0, 0.1) is 17.5 Å². The first-order valence-electron chi connectivity index (χ1n) is 10.7. The van der Waals surface area contributed by atoms with Crippen LogP contribution in [0.5, 0.6) is 0 Å². The molecule has 2 aliphatic heterocycles. The van der Waals surface area contributed by atoms with Gasteiger partial charge in [0.1, 0.15) is 29.3 Å². The van der Waals surface area contributed by atoms with E-state index in [1.807, 2.05) is 0 Å². The highest BCUT2D eigenvalue weighted by atomic mass is 19.1. The smallest absolute Gasteiger partial charge is 0.254 e. The van der Waals surface area contributed by atoms with Crippen molar-refractivity contribution in [1.29, 1.82) is 0 Å². The minimum Gasteiger partial charge on any atom is -0.368 e. The summed E-state index contributed by atoms with van der Waals surface area (Å²) in [6.45, 7) is 3.78. The number of benzene rings is 2. The Morgan fingerprint density at radius 2 is 1.67 bits per heavy atom. The predicted octanol–water partition coefficient (Wildman–Crippen LogP) is 3.94. The molecule has 6 nitrogen and oxygen atoms in total. The summed E-state index contributed by atoms with van der Waals surface area (Å²) in [6.07, 6.45) is 1.55. The summed E-state index contributed by atoms with van der Waals surface area (Å²) in [7, 11) is 0. The summed E-state index contributed by atoms with van der Waals surface area (Å²) in [5.41, 5.74) is 1.83. The molecule has 3 heterocycles. The molecule has 33 heavy (non-hydrogen) atoms. The molecule has 5 rings (SSSR count).